The first-order valence-electron chi connectivity index (χ1n) is 11.3. The van der Waals surface area contributed by atoms with Crippen molar-refractivity contribution in [3.05, 3.63) is 64.7 Å². The van der Waals surface area contributed by atoms with Crippen LogP contribution in [0.15, 0.2) is 42.5 Å². The van der Waals surface area contributed by atoms with E-state index < -0.39 is 6.10 Å². The molecule has 2 aromatic rings. The number of anilines is 1. The third-order valence-electron chi connectivity index (χ3n) is 6.86. The van der Waals surface area contributed by atoms with Gasteiger partial charge in [0.1, 0.15) is 0 Å². The van der Waals surface area contributed by atoms with E-state index in [1.807, 2.05) is 11.0 Å². The fourth-order valence-corrected chi connectivity index (χ4v) is 4.89. The van der Waals surface area contributed by atoms with Crippen LogP contribution in [0, 0.1) is 0 Å². The zero-order valence-corrected chi connectivity index (χ0v) is 17.5. The van der Waals surface area contributed by atoms with Crippen LogP contribution in [0.25, 0.3) is 0 Å². The molecule has 2 N–H and O–H groups in total. The van der Waals surface area contributed by atoms with Crippen molar-refractivity contribution in [2.75, 3.05) is 31.5 Å². The first kappa shape index (κ1) is 19.6. The van der Waals surface area contributed by atoms with Crippen molar-refractivity contribution < 1.29 is 9.90 Å². The maximum atomic E-state index is 13.1. The second-order valence-electron chi connectivity index (χ2n) is 9.05. The lowest BCUT2D eigenvalue weighted by Gasteiger charge is -2.34. The van der Waals surface area contributed by atoms with Crippen LogP contribution in [0.3, 0.4) is 0 Å². The molecule has 1 unspecified atom stereocenters. The van der Waals surface area contributed by atoms with Crippen molar-refractivity contribution in [2.45, 2.75) is 50.8 Å². The summed E-state index contributed by atoms with van der Waals surface area (Å²) in [5.74, 6) is 0.0524. The number of fused-ring (bicyclic) bond motifs is 2. The maximum absolute atomic E-state index is 13.1. The summed E-state index contributed by atoms with van der Waals surface area (Å²) in [6.07, 6.45) is 5.06. The van der Waals surface area contributed by atoms with Crippen LogP contribution in [0.4, 0.5) is 5.69 Å². The SMILES string of the molecule is O=C1c2cc(NC3CCC3)ccc2CCN1CC(O)CN1CCc2ccccc2C1. The first-order valence-corrected chi connectivity index (χ1v) is 11.3. The van der Waals surface area contributed by atoms with E-state index in [2.05, 4.69) is 46.6 Å². The summed E-state index contributed by atoms with van der Waals surface area (Å²) in [6.45, 7) is 3.52. The molecule has 0 bridgehead atoms. The second kappa shape index (κ2) is 8.40. The van der Waals surface area contributed by atoms with E-state index in [1.54, 1.807) is 0 Å². The van der Waals surface area contributed by atoms with Gasteiger partial charge in [-0.3, -0.25) is 9.69 Å². The van der Waals surface area contributed by atoms with Crippen LogP contribution in [0.2, 0.25) is 0 Å². The smallest absolute Gasteiger partial charge is 0.254 e. The van der Waals surface area contributed by atoms with E-state index in [4.69, 9.17) is 0 Å². The fourth-order valence-electron chi connectivity index (χ4n) is 4.89. The predicted octanol–water partition coefficient (Wildman–Crippen LogP) is 3.07. The Balaban J connectivity index is 1.20. The lowest BCUT2D eigenvalue weighted by atomic mass is 9.92. The Morgan fingerprint density at radius 3 is 2.60 bits per heavy atom. The van der Waals surface area contributed by atoms with Crippen molar-refractivity contribution in [2.24, 2.45) is 0 Å². The zero-order valence-electron chi connectivity index (χ0n) is 17.5. The number of hydrogen-bond acceptors (Lipinski definition) is 4. The van der Waals surface area contributed by atoms with Crippen molar-refractivity contribution in [1.29, 1.82) is 0 Å². The number of nitrogens with zero attached hydrogens (tertiary/aromatic N) is 2. The molecule has 2 aliphatic heterocycles. The zero-order chi connectivity index (χ0) is 20.5. The molecule has 0 aromatic heterocycles. The summed E-state index contributed by atoms with van der Waals surface area (Å²) in [5.41, 5.74) is 5.73. The molecule has 5 heteroatoms. The summed E-state index contributed by atoms with van der Waals surface area (Å²) in [4.78, 5) is 17.2. The minimum Gasteiger partial charge on any atom is -0.390 e. The minimum atomic E-state index is -0.531. The standard InChI is InChI=1S/C25H31N3O2/c29-23(16-27-12-10-18-4-1-2-5-20(18)15-27)17-28-13-11-19-8-9-22(14-24(19)25(28)30)26-21-6-3-7-21/h1-2,4-5,8-9,14,21,23,26,29H,3,6-7,10-13,15-17H2. The van der Waals surface area contributed by atoms with Crippen molar-refractivity contribution in [3.63, 3.8) is 0 Å². The van der Waals surface area contributed by atoms with Gasteiger partial charge in [-0.15, -0.1) is 0 Å². The molecule has 158 valence electrons. The molecular formula is C25H31N3O2. The van der Waals surface area contributed by atoms with Gasteiger partial charge in [-0.2, -0.15) is 0 Å². The Labute approximate surface area is 178 Å². The average Bonchev–Trinajstić information content (AvgIpc) is 2.73. The molecule has 1 fully saturated rings. The Morgan fingerprint density at radius 2 is 1.80 bits per heavy atom. The van der Waals surface area contributed by atoms with Gasteiger partial charge in [0.05, 0.1) is 6.10 Å². The van der Waals surface area contributed by atoms with Crippen LogP contribution in [0.1, 0.15) is 46.3 Å². The number of nitrogens with one attached hydrogen (secondary N) is 1. The Morgan fingerprint density at radius 1 is 1.00 bits per heavy atom. The first-order chi connectivity index (χ1) is 14.7. The highest BCUT2D eigenvalue weighted by atomic mass is 16.3. The number of β-amino-alcohol motifs (C(OH)–C–C–N with tert-alkyl or cyclic N) is 1. The van der Waals surface area contributed by atoms with Gasteiger partial charge in [-0.25, -0.2) is 0 Å². The summed E-state index contributed by atoms with van der Waals surface area (Å²) in [7, 11) is 0. The number of aliphatic hydroxyl groups excluding tert-OH is 1. The molecule has 30 heavy (non-hydrogen) atoms. The second-order valence-corrected chi connectivity index (χ2v) is 9.05. The van der Waals surface area contributed by atoms with Gasteiger partial charge in [0.25, 0.3) is 5.91 Å². The quantitative estimate of drug-likeness (QED) is 0.776. The van der Waals surface area contributed by atoms with Crippen LogP contribution in [-0.4, -0.2) is 59.1 Å². The highest BCUT2D eigenvalue weighted by Crippen LogP contribution is 2.27. The molecule has 1 atom stereocenters. The third-order valence-corrected chi connectivity index (χ3v) is 6.86. The number of rotatable bonds is 6. The number of hydrogen-bond donors (Lipinski definition) is 2. The normalized spacial score (nSPS) is 20.3. The monoisotopic (exact) mass is 405 g/mol. The molecule has 0 spiro atoms. The van der Waals surface area contributed by atoms with Gasteiger partial charge in [-0.05, 0) is 60.9 Å². The van der Waals surface area contributed by atoms with Crippen LogP contribution in [-0.2, 0) is 19.4 Å². The molecule has 5 nitrogen and oxygen atoms in total. The summed E-state index contributed by atoms with van der Waals surface area (Å²) < 4.78 is 0. The van der Waals surface area contributed by atoms with Gasteiger partial charge in [0.15, 0.2) is 0 Å². The summed E-state index contributed by atoms with van der Waals surface area (Å²) in [6, 6.07) is 15.3. The molecule has 2 aromatic carbocycles. The van der Waals surface area contributed by atoms with E-state index in [9.17, 15) is 9.90 Å². The maximum Gasteiger partial charge on any atom is 0.254 e. The molecule has 0 radical (unpaired) electrons. The Bertz CT molecular complexity index is 924. The Hall–Kier alpha value is -2.37. The van der Waals surface area contributed by atoms with Crippen molar-refractivity contribution in [3.8, 4) is 0 Å². The van der Waals surface area contributed by atoms with Crippen LogP contribution >= 0.6 is 0 Å². The fraction of sp³-hybridized carbons (Fsp3) is 0.480. The number of carbonyl (C=O) groups excluding carboxylic acids is 1. The molecule has 3 aliphatic rings. The van der Waals surface area contributed by atoms with Gasteiger partial charge in [0, 0.05) is 50.0 Å². The largest absolute Gasteiger partial charge is 0.390 e. The topological polar surface area (TPSA) is 55.8 Å². The molecule has 0 saturated heterocycles. The summed E-state index contributed by atoms with van der Waals surface area (Å²) in [5, 5.41) is 14.3. The molecular weight excluding hydrogens is 374 g/mol. The highest BCUT2D eigenvalue weighted by Gasteiger charge is 2.28. The van der Waals surface area contributed by atoms with E-state index in [0.717, 1.165) is 42.7 Å². The molecule has 1 amide bonds. The Kier molecular flexibility index (Phi) is 5.48. The van der Waals surface area contributed by atoms with Crippen LogP contribution < -0.4 is 5.32 Å². The highest BCUT2D eigenvalue weighted by molar-refractivity contribution is 5.97. The predicted molar refractivity (Wildman–Crippen MR) is 119 cm³/mol. The molecule has 1 saturated carbocycles. The number of benzene rings is 2. The van der Waals surface area contributed by atoms with Gasteiger partial charge >= 0.3 is 0 Å². The third kappa shape index (κ3) is 4.09. The van der Waals surface area contributed by atoms with Gasteiger partial charge in [-0.1, -0.05) is 30.3 Å². The lowest BCUT2D eigenvalue weighted by Crippen LogP contribution is -2.46. The van der Waals surface area contributed by atoms with E-state index in [0.29, 0.717) is 25.7 Å². The van der Waals surface area contributed by atoms with Crippen molar-refractivity contribution >= 4 is 11.6 Å². The van der Waals surface area contributed by atoms with E-state index >= 15 is 0 Å². The minimum absolute atomic E-state index is 0.0524. The van der Waals surface area contributed by atoms with Gasteiger partial charge < -0.3 is 15.3 Å². The number of aliphatic hydroxyl groups is 1. The number of carbonyl (C=O) groups is 1. The molecule has 1 aliphatic carbocycles. The molecule has 5 rings (SSSR count). The van der Waals surface area contributed by atoms with E-state index in [1.165, 1.54) is 30.4 Å². The van der Waals surface area contributed by atoms with Crippen molar-refractivity contribution in [1.82, 2.24) is 9.80 Å². The summed E-state index contributed by atoms with van der Waals surface area (Å²) >= 11 is 0. The van der Waals surface area contributed by atoms with Gasteiger partial charge in [0.2, 0.25) is 0 Å². The van der Waals surface area contributed by atoms with Crippen LogP contribution in [0.5, 0.6) is 0 Å². The number of amides is 1. The van der Waals surface area contributed by atoms with E-state index in [-0.39, 0.29) is 5.91 Å². The average molecular weight is 406 g/mol. The lowest BCUT2D eigenvalue weighted by molar-refractivity contribution is 0.0493. The molecule has 2 heterocycles.